The van der Waals surface area contributed by atoms with Crippen molar-refractivity contribution in [2.45, 2.75) is 45.8 Å². The zero-order valence-electron chi connectivity index (χ0n) is 13.2. The molecule has 2 rings (SSSR count). The van der Waals surface area contributed by atoms with Gasteiger partial charge in [-0.25, -0.2) is 0 Å². The zero-order chi connectivity index (χ0) is 15.8. The van der Waals surface area contributed by atoms with Crippen molar-refractivity contribution in [3.05, 3.63) is 30.6 Å². The standard InChI is InChI=1S/C15H21BN2O3/c1-7-13(19)18-12-8-11(9-17-10(12)2)16-20-14(3,4)15(5,6)21-16/h7-9H,1H2,2-6H3,(H,18,19). The molecule has 21 heavy (non-hydrogen) atoms. The average molecular weight is 288 g/mol. The predicted molar refractivity (Wildman–Crippen MR) is 83.5 cm³/mol. The molecule has 0 spiro atoms. The highest BCUT2D eigenvalue weighted by atomic mass is 16.7. The highest BCUT2D eigenvalue weighted by Crippen LogP contribution is 2.36. The fourth-order valence-electron chi connectivity index (χ4n) is 1.97. The predicted octanol–water partition coefficient (Wildman–Crippen LogP) is 1.81. The topological polar surface area (TPSA) is 60.5 Å². The Hall–Kier alpha value is -1.66. The molecule has 0 unspecified atom stereocenters. The van der Waals surface area contributed by atoms with Crippen LogP contribution in [0.5, 0.6) is 0 Å². The molecule has 2 heterocycles. The molecule has 1 N–H and O–H groups in total. The van der Waals surface area contributed by atoms with Crippen molar-refractivity contribution in [3.8, 4) is 0 Å². The fraction of sp³-hybridized carbons (Fsp3) is 0.467. The van der Waals surface area contributed by atoms with E-state index < -0.39 is 18.3 Å². The zero-order valence-corrected chi connectivity index (χ0v) is 13.2. The van der Waals surface area contributed by atoms with E-state index in [9.17, 15) is 4.79 Å². The summed E-state index contributed by atoms with van der Waals surface area (Å²) < 4.78 is 12.0. The Morgan fingerprint density at radius 2 is 1.90 bits per heavy atom. The summed E-state index contributed by atoms with van der Waals surface area (Å²) in [5.74, 6) is -0.272. The van der Waals surface area contributed by atoms with E-state index in [2.05, 4.69) is 16.9 Å². The Bertz CT molecular complexity index is 568. The number of hydrogen-bond donors (Lipinski definition) is 1. The van der Waals surface area contributed by atoms with Gasteiger partial charge in [0.2, 0.25) is 5.91 Å². The molecule has 1 aliphatic rings. The first-order valence-corrected chi connectivity index (χ1v) is 6.92. The fourth-order valence-corrected chi connectivity index (χ4v) is 1.97. The minimum atomic E-state index is -0.498. The van der Waals surface area contributed by atoms with Crippen LogP contribution < -0.4 is 10.8 Å². The van der Waals surface area contributed by atoms with Gasteiger partial charge < -0.3 is 14.6 Å². The van der Waals surface area contributed by atoms with Gasteiger partial charge in [0, 0.05) is 11.7 Å². The Morgan fingerprint density at radius 1 is 1.33 bits per heavy atom. The van der Waals surface area contributed by atoms with Crippen molar-refractivity contribution in [2.75, 3.05) is 5.32 Å². The van der Waals surface area contributed by atoms with Crippen LogP contribution in [0.3, 0.4) is 0 Å². The van der Waals surface area contributed by atoms with Gasteiger partial charge in [0.05, 0.1) is 22.6 Å². The number of nitrogens with zero attached hydrogens (tertiary/aromatic N) is 1. The molecule has 0 atom stereocenters. The first kappa shape index (κ1) is 15.7. The van der Waals surface area contributed by atoms with Gasteiger partial charge in [-0.15, -0.1) is 0 Å². The van der Waals surface area contributed by atoms with Crippen LogP contribution in [0.25, 0.3) is 0 Å². The Morgan fingerprint density at radius 3 is 2.43 bits per heavy atom. The Labute approximate surface area is 125 Å². The Kier molecular flexibility index (Phi) is 3.95. The molecule has 0 bridgehead atoms. The molecule has 1 aromatic heterocycles. The van der Waals surface area contributed by atoms with E-state index in [1.54, 1.807) is 6.20 Å². The van der Waals surface area contributed by atoms with Gasteiger partial charge in [0.15, 0.2) is 0 Å². The third-order valence-corrected chi connectivity index (χ3v) is 4.08. The summed E-state index contributed by atoms with van der Waals surface area (Å²) in [6.07, 6.45) is 2.93. The maximum absolute atomic E-state index is 11.5. The lowest BCUT2D eigenvalue weighted by molar-refractivity contribution is -0.111. The van der Waals surface area contributed by atoms with Crippen LogP contribution in [-0.2, 0) is 14.1 Å². The third kappa shape index (κ3) is 3.01. The number of anilines is 1. The highest BCUT2D eigenvalue weighted by molar-refractivity contribution is 6.62. The molecular formula is C15H21BN2O3. The van der Waals surface area contributed by atoms with E-state index >= 15 is 0 Å². The third-order valence-electron chi connectivity index (χ3n) is 4.08. The van der Waals surface area contributed by atoms with Crippen LogP contribution in [-0.4, -0.2) is 29.2 Å². The number of carbonyl (C=O) groups excluding carboxylic acids is 1. The minimum absolute atomic E-state index is 0.272. The van der Waals surface area contributed by atoms with Crippen molar-refractivity contribution in [1.29, 1.82) is 0 Å². The molecule has 5 nitrogen and oxygen atoms in total. The van der Waals surface area contributed by atoms with Crippen LogP contribution in [0, 0.1) is 6.92 Å². The molecule has 1 fully saturated rings. The van der Waals surface area contributed by atoms with Crippen LogP contribution in [0.15, 0.2) is 24.9 Å². The average Bonchev–Trinajstić information content (AvgIpc) is 2.61. The Balaban J connectivity index is 2.28. The summed E-state index contributed by atoms with van der Waals surface area (Å²) in [6, 6.07) is 1.83. The number of carbonyl (C=O) groups is 1. The first-order chi connectivity index (χ1) is 9.66. The van der Waals surface area contributed by atoms with Gasteiger partial charge in [0.1, 0.15) is 0 Å². The van der Waals surface area contributed by atoms with Crippen molar-refractivity contribution in [3.63, 3.8) is 0 Å². The lowest BCUT2D eigenvalue weighted by Gasteiger charge is -2.32. The minimum Gasteiger partial charge on any atom is -0.399 e. The smallest absolute Gasteiger partial charge is 0.399 e. The number of hydrogen-bond acceptors (Lipinski definition) is 4. The van der Waals surface area contributed by atoms with Gasteiger partial charge in [-0.05, 0) is 46.8 Å². The van der Waals surface area contributed by atoms with Crippen LogP contribution in [0.4, 0.5) is 5.69 Å². The van der Waals surface area contributed by atoms with Crippen molar-refractivity contribution in [1.82, 2.24) is 4.98 Å². The highest BCUT2D eigenvalue weighted by Gasteiger charge is 2.51. The molecule has 1 amide bonds. The lowest BCUT2D eigenvalue weighted by Crippen LogP contribution is -2.41. The largest absolute Gasteiger partial charge is 0.496 e. The van der Waals surface area contributed by atoms with Crippen molar-refractivity contribution in [2.24, 2.45) is 0 Å². The molecule has 0 radical (unpaired) electrons. The SMILES string of the molecule is C=CC(=O)Nc1cc(B2OC(C)(C)C(C)(C)O2)cnc1C. The second-order valence-corrected chi connectivity index (χ2v) is 6.18. The van der Waals surface area contributed by atoms with Crippen LogP contribution in [0.2, 0.25) is 0 Å². The molecule has 0 aromatic carbocycles. The maximum atomic E-state index is 11.5. The van der Waals surface area contributed by atoms with E-state index in [0.29, 0.717) is 5.69 Å². The number of rotatable bonds is 3. The molecule has 1 aromatic rings. The van der Waals surface area contributed by atoms with Gasteiger partial charge in [-0.2, -0.15) is 0 Å². The maximum Gasteiger partial charge on any atom is 0.496 e. The molecule has 6 heteroatoms. The summed E-state index contributed by atoms with van der Waals surface area (Å²) in [5, 5.41) is 2.73. The van der Waals surface area contributed by atoms with Gasteiger partial charge in [0.25, 0.3) is 0 Å². The van der Waals surface area contributed by atoms with Crippen molar-refractivity contribution >= 4 is 24.2 Å². The number of aromatic nitrogens is 1. The molecular weight excluding hydrogens is 267 g/mol. The number of nitrogens with one attached hydrogen (secondary N) is 1. The lowest BCUT2D eigenvalue weighted by atomic mass is 9.80. The number of pyridine rings is 1. The van der Waals surface area contributed by atoms with E-state index in [1.807, 2.05) is 40.7 Å². The van der Waals surface area contributed by atoms with Crippen LogP contribution >= 0.6 is 0 Å². The molecule has 0 saturated carbocycles. The molecule has 0 aliphatic carbocycles. The van der Waals surface area contributed by atoms with E-state index in [0.717, 1.165) is 11.2 Å². The summed E-state index contributed by atoms with van der Waals surface area (Å²) in [4.78, 5) is 15.8. The molecule has 1 saturated heterocycles. The van der Waals surface area contributed by atoms with E-state index in [-0.39, 0.29) is 5.91 Å². The normalized spacial score (nSPS) is 19.4. The van der Waals surface area contributed by atoms with E-state index in [1.165, 1.54) is 6.08 Å². The number of aryl methyl sites for hydroxylation is 1. The first-order valence-electron chi connectivity index (χ1n) is 6.92. The summed E-state index contributed by atoms with van der Waals surface area (Å²) >= 11 is 0. The molecule has 1 aliphatic heterocycles. The van der Waals surface area contributed by atoms with Gasteiger partial charge in [-0.1, -0.05) is 6.58 Å². The molecule has 112 valence electrons. The van der Waals surface area contributed by atoms with Crippen molar-refractivity contribution < 1.29 is 14.1 Å². The second kappa shape index (κ2) is 5.28. The monoisotopic (exact) mass is 288 g/mol. The quantitative estimate of drug-likeness (QED) is 0.680. The van der Waals surface area contributed by atoms with E-state index in [4.69, 9.17) is 9.31 Å². The summed E-state index contributed by atoms with van der Waals surface area (Å²) in [7, 11) is -0.498. The number of amides is 1. The summed E-state index contributed by atoms with van der Waals surface area (Å²) in [6.45, 7) is 13.2. The van der Waals surface area contributed by atoms with Crippen LogP contribution in [0.1, 0.15) is 33.4 Å². The van der Waals surface area contributed by atoms with Gasteiger partial charge >= 0.3 is 7.12 Å². The summed E-state index contributed by atoms with van der Waals surface area (Å²) in [5.41, 5.74) is 1.32. The second-order valence-electron chi connectivity index (χ2n) is 6.18. The van der Waals surface area contributed by atoms with Gasteiger partial charge in [-0.3, -0.25) is 9.78 Å².